The maximum absolute atomic E-state index is 12.1. The number of nitrogens with two attached hydrogens (primary N) is 1. The Hall–Kier alpha value is -1.88. The maximum Gasteiger partial charge on any atom is 0.222 e. The third-order valence-electron chi connectivity index (χ3n) is 4.12. The summed E-state index contributed by atoms with van der Waals surface area (Å²) < 4.78 is 5.61. The van der Waals surface area contributed by atoms with Crippen LogP contribution in [-0.4, -0.2) is 42.8 Å². The van der Waals surface area contributed by atoms with Gasteiger partial charge >= 0.3 is 0 Å². The van der Waals surface area contributed by atoms with Crippen LogP contribution >= 0.6 is 0 Å². The second-order valence-corrected chi connectivity index (χ2v) is 6.55. The molecule has 0 aromatic heterocycles. The van der Waals surface area contributed by atoms with Gasteiger partial charge in [0.2, 0.25) is 5.91 Å². The van der Waals surface area contributed by atoms with Gasteiger partial charge in [0, 0.05) is 31.6 Å². The Morgan fingerprint density at radius 3 is 2.62 bits per heavy atom. The summed E-state index contributed by atoms with van der Waals surface area (Å²) in [6, 6.07) is 7.22. The van der Waals surface area contributed by atoms with Gasteiger partial charge < -0.3 is 15.4 Å². The number of carbonyl (C=O) groups excluding carboxylic acids is 2. The highest BCUT2D eigenvalue weighted by atomic mass is 16.5. The minimum Gasteiger partial charge on any atom is -0.494 e. The van der Waals surface area contributed by atoms with Crippen molar-refractivity contribution in [3.8, 4) is 5.75 Å². The van der Waals surface area contributed by atoms with Crippen molar-refractivity contribution < 1.29 is 14.3 Å². The molecule has 0 radical (unpaired) electrons. The first-order valence-corrected chi connectivity index (χ1v) is 8.54. The molecule has 1 unspecified atom stereocenters. The lowest BCUT2D eigenvalue weighted by Crippen LogP contribution is -2.34. The molecule has 2 N–H and O–H groups in total. The predicted molar refractivity (Wildman–Crippen MR) is 96.2 cm³/mol. The molecule has 1 aromatic rings. The predicted octanol–water partition coefficient (Wildman–Crippen LogP) is 2.88. The zero-order valence-electron chi connectivity index (χ0n) is 15.2. The molecule has 0 spiro atoms. The van der Waals surface area contributed by atoms with E-state index in [0.29, 0.717) is 43.2 Å². The molecule has 0 aliphatic rings. The fourth-order valence-electron chi connectivity index (χ4n) is 2.21. The fraction of sp³-hybridized carbons (Fsp3) is 0.579. The molecular formula is C19H30N2O3. The van der Waals surface area contributed by atoms with Crippen molar-refractivity contribution in [2.75, 3.05) is 20.2 Å². The second-order valence-electron chi connectivity index (χ2n) is 6.55. The molecule has 1 amide bonds. The number of Topliss-reactive ketones (excluding diaryl/α,β-unsaturated/α-hetero) is 1. The summed E-state index contributed by atoms with van der Waals surface area (Å²) in [5, 5.41) is 0. The molecule has 0 aliphatic heterocycles. The van der Waals surface area contributed by atoms with E-state index in [1.165, 1.54) is 6.92 Å². The van der Waals surface area contributed by atoms with E-state index in [9.17, 15) is 9.59 Å². The molecule has 0 aliphatic carbocycles. The van der Waals surface area contributed by atoms with Crippen LogP contribution in [0.4, 0.5) is 0 Å². The topological polar surface area (TPSA) is 72.6 Å². The number of benzene rings is 1. The minimum absolute atomic E-state index is 0.0110. The lowest BCUT2D eigenvalue weighted by Gasteiger charge is -2.21. The molecule has 0 heterocycles. The van der Waals surface area contributed by atoms with Gasteiger partial charge in [0.25, 0.3) is 0 Å². The van der Waals surface area contributed by atoms with Crippen LogP contribution in [0.25, 0.3) is 0 Å². The van der Waals surface area contributed by atoms with E-state index in [2.05, 4.69) is 13.8 Å². The lowest BCUT2D eigenvalue weighted by molar-refractivity contribution is -0.130. The van der Waals surface area contributed by atoms with Crippen LogP contribution in [-0.2, 0) is 4.79 Å². The van der Waals surface area contributed by atoms with Gasteiger partial charge in [-0.3, -0.25) is 9.59 Å². The normalized spacial score (nSPS) is 12.1. The van der Waals surface area contributed by atoms with Crippen molar-refractivity contribution in [3.63, 3.8) is 0 Å². The van der Waals surface area contributed by atoms with Crippen LogP contribution in [0.3, 0.4) is 0 Å². The SMILES string of the molecule is CC(=O)c1cccc(OCCCC(=O)N(C)CCC(N)C(C)C)c1. The number of ketones is 1. The molecule has 0 saturated heterocycles. The van der Waals surface area contributed by atoms with E-state index in [1.807, 2.05) is 13.1 Å². The largest absolute Gasteiger partial charge is 0.494 e. The molecule has 0 fully saturated rings. The molecule has 24 heavy (non-hydrogen) atoms. The quantitative estimate of drug-likeness (QED) is 0.527. The molecule has 1 rings (SSSR count). The number of nitrogens with zero attached hydrogens (tertiary/aromatic N) is 1. The summed E-state index contributed by atoms with van der Waals surface area (Å²) >= 11 is 0. The Bertz CT molecular complexity index is 543. The molecule has 0 bridgehead atoms. The fourth-order valence-corrected chi connectivity index (χ4v) is 2.21. The molecule has 5 heteroatoms. The first-order chi connectivity index (χ1) is 11.3. The Morgan fingerprint density at radius 1 is 1.29 bits per heavy atom. The Labute approximate surface area is 145 Å². The number of rotatable bonds is 10. The van der Waals surface area contributed by atoms with E-state index < -0.39 is 0 Å². The summed E-state index contributed by atoms with van der Waals surface area (Å²) in [4.78, 5) is 25.1. The number of hydrogen-bond donors (Lipinski definition) is 1. The van der Waals surface area contributed by atoms with E-state index in [4.69, 9.17) is 10.5 Å². The number of ether oxygens (including phenoxy) is 1. The Morgan fingerprint density at radius 2 is 2.00 bits per heavy atom. The van der Waals surface area contributed by atoms with Gasteiger partial charge in [0.15, 0.2) is 5.78 Å². The standard InChI is InChI=1S/C19H30N2O3/c1-14(2)18(20)10-11-21(4)19(23)9-6-12-24-17-8-5-7-16(13-17)15(3)22/h5,7-8,13-14,18H,6,9-12,20H2,1-4H3. The average molecular weight is 334 g/mol. The number of carbonyl (C=O) groups is 2. The number of hydrogen-bond acceptors (Lipinski definition) is 4. The maximum atomic E-state index is 12.1. The summed E-state index contributed by atoms with van der Waals surface area (Å²) in [5.41, 5.74) is 6.63. The second kappa shape index (κ2) is 10.1. The Balaban J connectivity index is 2.28. The minimum atomic E-state index is 0.0110. The highest BCUT2D eigenvalue weighted by Gasteiger charge is 2.12. The van der Waals surface area contributed by atoms with Crippen molar-refractivity contribution in [1.29, 1.82) is 0 Å². The van der Waals surface area contributed by atoms with Gasteiger partial charge in [0.05, 0.1) is 6.61 Å². The van der Waals surface area contributed by atoms with Gasteiger partial charge in [-0.25, -0.2) is 0 Å². The third-order valence-corrected chi connectivity index (χ3v) is 4.12. The third kappa shape index (κ3) is 7.13. The van der Waals surface area contributed by atoms with Gasteiger partial charge in [0.1, 0.15) is 5.75 Å². The van der Waals surface area contributed by atoms with Crippen molar-refractivity contribution in [2.24, 2.45) is 11.7 Å². The van der Waals surface area contributed by atoms with E-state index >= 15 is 0 Å². The van der Waals surface area contributed by atoms with Crippen LogP contribution in [0.1, 0.15) is 50.4 Å². The van der Waals surface area contributed by atoms with Crippen LogP contribution in [0.15, 0.2) is 24.3 Å². The van der Waals surface area contributed by atoms with Crippen molar-refractivity contribution in [3.05, 3.63) is 29.8 Å². The molecule has 134 valence electrons. The highest BCUT2D eigenvalue weighted by Crippen LogP contribution is 2.14. The first-order valence-electron chi connectivity index (χ1n) is 8.54. The highest BCUT2D eigenvalue weighted by molar-refractivity contribution is 5.94. The summed E-state index contributed by atoms with van der Waals surface area (Å²) in [5.74, 6) is 1.20. The summed E-state index contributed by atoms with van der Waals surface area (Å²) in [7, 11) is 1.81. The van der Waals surface area contributed by atoms with Crippen LogP contribution in [0.2, 0.25) is 0 Å². The van der Waals surface area contributed by atoms with Crippen molar-refractivity contribution in [1.82, 2.24) is 4.90 Å². The zero-order chi connectivity index (χ0) is 18.1. The first kappa shape index (κ1) is 20.2. The average Bonchev–Trinajstić information content (AvgIpc) is 2.56. The molecule has 1 aromatic carbocycles. The molecular weight excluding hydrogens is 304 g/mol. The van der Waals surface area contributed by atoms with Crippen molar-refractivity contribution >= 4 is 11.7 Å². The monoisotopic (exact) mass is 334 g/mol. The smallest absolute Gasteiger partial charge is 0.222 e. The summed E-state index contributed by atoms with van der Waals surface area (Å²) in [6.07, 6.45) is 1.90. The van der Waals surface area contributed by atoms with Crippen LogP contribution in [0.5, 0.6) is 5.75 Å². The molecule has 0 saturated carbocycles. The zero-order valence-corrected chi connectivity index (χ0v) is 15.2. The van der Waals surface area contributed by atoms with E-state index in [1.54, 1.807) is 23.1 Å². The van der Waals surface area contributed by atoms with Gasteiger partial charge in [-0.15, -0.1) is 0 Å². The lowest BCUT2D eigenvalue weighted by atomic mass is 10.0. The van der Waals surface area contributed by atoms with Crippen molar-refractivity contribution in [2.45, 2.75) is 46.1 Å². The van der Waals surface area contributed by atoms with Gasteiger partial charge in [-0.1, -0.05) is 26.0 Å². The van der Waals surface area contributed by atoms with Crippen LogP contribution < -0.4 is 10.5 Å². The van der Waals surface area contributed by atoms with Gasteiger partial charge in [-0.05, 0) is 37.8 Å². The van der Waals surface area contributed by atoms with Crippen LogP contribution in [0, 0.1) is 5.92 Å². The molecule has 5 nitrogen and oxygen atoms in total. The van der Waals surface area contributed by atoms with Gasteiger partial charge in [-0.2, -0.15) is 0 Å². The summed E-state index contributed by atoms with van der Waals surface area (Å²) in [6.45, 7) is 6.83. The molecule has 1 atom stereocenters. The van der Waals surface area contributed by atoms with E-state index in [-0.39, 0.29) is 17.7 Å². The number of amides is 1. The Kier molecular flexibility index (Phi) is 8.47. The van der Waals surface area contributed by atoms with E-state index in [0.717, 1.165) is 6.42 Å².